The predicted octanol–water partition coefficient (Wildman–Crippen LogP) is 1.21. The van der Waals surface area contributed by atoms with Crippen LogP contribution in [-0.4, -0.2) is 50.2 Å². The Morgan fingerprint density at radius 2 is 2.10 bits per heavy atom. The first-order valence-corrected chi connectivity index (χ1v) is 6.38. The fourth-order valence-electron chi connectivity index (χ4n) is 2.09. The van der Waals surface area contributed by atoms with Gasteiger partial charge >= 0.3 is 0 Å². The Hall–Kier alpha value is -1.66. The standard InChI is InChI=1S/C14H19FN2O3/c1-16(2)13(18)7-17(3)6-10-4-12(15)5-11-8-19-9-20-14(10)11/h4-5H,6-9H2,1-3H3. The monoisotopic (exact) mass is 282 g/mol. The zero-order chi connectivity index (χ0) is 14.7. The first-order chi connectivity index (χ1) is 9.47. The predicted molar refractivity (Wildman–Crippen MR) is 71.7 cm³/mol. The molecule has 0 bridgehead atoms. The number of carbonyl (C=O) groups is 1. The molecule has 0 aliphatic carbocycles. The largest absolute Gasteiger partial charge is 0.467 e. The Morgan fingerprint density at radius 1 is 1.35 bits per heavy atom. The summed E-state index contributed by atoms with van der Waals surface area (Å²) < 4.78 is 24.2. The second-order valence-corrected chi connectivity index (χ2v) is 5.12. The number of benzene rings is 1. The van der Waals surface area contributed by atoms with Crippen LogP contribution in [0.15, 0.2) is 12.1 Å². The molecule has 0 saturated carbocycles. The van der Waals surface area contributed by atoms with E-state index in [1.165, 1.54) is 17.0 Å². The molecule has 0 N–H and O–H groups in total. The van der Waals surface area contributed by atoms with Crippen LogP contribution in [0.5, 0.6) is 5.75 Å². The Morgan fingerprint density at radius 3 is 2.80 bits per heavy atom. The molecule has 1 aliphatic rings. The number of nitrogens with zero attached hydrogens (tertiary/aromatic N) is 2. The van der Waals surface area contributed by atoms with Crippen LogP contribution in [0.1, 0.15) is 11.1 Å². The SMILES string of the molecule is CN(CC(=O)N(C)C)Cc1cc(F)cc2c1OCOC2. The quantitative estimate of drug-likeness (QED) is 0.832. The van der Waals surface area contributed by atoms with Crippen molar-refractivity contribution in [3.63, 3.8) is 0 Å². The van der Waals surface area contributed by atoms with Gasteiger partial charge in [-0.05, 0) is 19.2 Å². The third-order valence-corrected chi connectivity index (χ3v) is 3.10. The van der Waals surface area contributed by atoms with Gasteiger partial charge < -0.3 is 14.4 Å². The summed E-state index contributed by atoms with van der Waals surface area (Å²) in [5, 5.41) is 0. The van der Waals surface area contributed by atoms with Gasteiger partial charge in [0.2, 0.25) is 5.91 Å². The average molecular weight is 282 g/mol. The number of rotatable bonds is 4. The number of likely N-dealkylation sites (N-methyl/N-ethyl adjacent to an activating group) is 2. The number of amides is 1. The van der Waals surface area contributed by atoms with Gasteiger partial charge in [-0.3, -0.25) is 9.69 Å². The summed E-state index contributed by atoms with van der Waals surface area (Å²) in [5.41, 5.74) is 1.44. The Kier molecular flexibility index (Phi) is 4.57. The average Bonchev–Trinajstić information content (AvgIpc) is 2.38. The Balaban J connectivity index is 2.12. The summed E-state index contributed by atoms with van der Waals surface area (Å²) in [4.78, 5) is 15.0. The number of hydrogen-bond donors (Lipinski definition) is 0. The lowest BCUT2D eigenvalue weighted by Crippen LogP contribution is -2.34. The molecule has 6 heteroatoms. The third kappa shape index (κ3) is 3.46. The highest BCUT2D eigenvalue weighted by molar-refractivity contribution is 5.77. The maximum Gasteiger partial charge on any atom is 0.236 e. The van der Waals surface area contributed by atoms with Crippen LogP contribution in [0.2, 0.25) is 0 Å². The first kappa shape index (κ1) is 14.7. The molecule has 0 saturated heterocycles. The molecule has 5 nitrogen and oxygen atoms in total. The zero-order valence-corrected chi connectivity index (χ0v) is 12.0. The molecule has 0 unspecified atom stereocenters. The van der Waals surface area contributed by atoms with E-state index in [-0.39, 0.29) is 25.1 Å². The van der Waals surface area contributed by atoms with Crippen LogP contribution < -0.4 is 4.74 Å². The van der Waals surface area contributed by atoms with Crippen LogP contribution in [0.4, 0.5) is 4.39 Å². The highest BCUT2D eigenvalue weighted by Crippen LogP contribution is 2.30. The van der Waals surface area contributed by atoms with E-state index in [2.05, 4.69) is 0 Å². The van der Waals surface area contributed by atoms with Crippen LogP contribution in [-0.2, 0) is 22.7 Å². The molecule has 0 atom stereocenters. The molecule has 0 radical (unpaired) electrons. The van der Waals surface area contributed by atoms with Crippen molar-refractivity contribution in [3.05, 3.63) is 29.1 Å². The van der Waals surface area contributed by atoms with E-state index in [9.17, 15) is 9.18 Å². The molecule has 110 valence electrons. The highest BCUT2D eigenvalue weighted by atomic mass is 19.1. The highest BCUT2D eigenvalue weighted by Gasteiger charge is 2.18. The summed E-state index contributed by atoms with van der Waals surface area (Å²) in [5.74, 6) is 0.351. The molecule has 2 rings (SSSR count). The second-order valence-electron chi connectivity index (χ2n) is 5.12. The van der Waals surface area contributed by atoms with Gasteiger partial charge in [0.1, 0.15) is 11.6 Å². The van der Waals surface area contributed by atoms with Gasteiger partial charge in [-0.2, -0.15) is 0 Å². The Bertz CT molecular complexity index is 505. The summed E-state index contributed by atoms with van der Waals surface area (Å²) in [6.45, 7) is 1.24. The minimum absolute atomic E-state index is 0.00187. The fourth-order valence-corrected chi connectivity index (χ4v) is 2.09. The van der Waals surface area contributed by atoms with E-state index in [0.29, 0.717) is 24.5 Å². The molecule has 20 heavy (non-hydrogen) atoms. The lowest BCUT2D eigenvalue weighted by molar-refractivity contribution is -0.129. The smallest absolute Gasteiger partial charge is 0.236 e. The van der Waals surface area contributed by atoms with E-state index in [1.54, 1.807) is 14.1 Å². The van der Waals surface area contributed by atoms with Crippen LogP contribution in [0, 0.1) is 5.82 Å². The summed E-state index contributed by atoms with van der Waals surface area (Å²) in [7, 11) is 5.24. The lowest BCUT2D eigenvalue weighted by atomic mass is 10.1. The minimum Gasteiger partial charge on any atom is -0.467 e. The van der Waals surface area contributed by atoms with E-state index < -0.39 is 0 Å². The van der Waals surface area contributed by atoms with Gasteiger partial charge in [-0.15, -0.1) is 0 Å². The van der Waals surface area contributed by atoms with Gasteiger partial charge in [0.25, 0.3) is 0 Å². The van der Waals surface area contributed by atoms with Crippen molar-refractivity contribution >= 4 is 5.91 Å². The molecular formula is C14H19FN2O3. The summed E-state index contributed by atoms with van der Waals surface area (Å²) in [6, 6.07) is 2.86. The molecule has 1 aliphatic heterocycles. The third-order valence-electron chi connectivity index (χ3n) is 3.10. The van der Waals surface area contributed by atoms with Gasteiger partial charge in [-0.1, -0.05) is 0 Å². The molecule has 1 heterocycles. The normalized spacial score (nSPS) is 13.8. The van der Waals surface area contributed by atoms with E-state index in [4.69, 9.17) is 9.47 Å². The van der Waals surface area contributed by atoms with Gasteiger partial charge in [0.05, 0.1) is 13.2 Å². The van der Waals surface area contributed by atoms with Crippen molar-refractivity contribution in [1.29, 1.82) is 0 Å². The second kappa shape index (κ2) is 6.19. The summed E-state index contributed by atoms with van der Waals surface area (Å²) in [6.07, 6.45) is 0. The zero-order valence-electron chi connectivity index (χ0n) is 12.0. The fraction of sp³-hybridized carbons (Fsp3) is 0.500. The molecule has 1 amide bonds. The van der Waals surface area contributed by atoms with E-state index in [1.807, 2.05) is 11.9 Å². The first-order valence-electron chi connectivity index (χ1n) is 6.38. The number of fused-ring (bicyclic) bond motifs is 1. The van der Waals surface area contributed by atoms with Crippen LogP contribution in [0.25, 0.3) is 0 Å². The van der Waals surface area contributed by atoms with Crippen molar-refractivity contribution in [3.8, 4) is 5.75 Å². The molecule has 0 fully saturated rings. The topological polar surface area (TPSA) is 42.0 Å². The van der Waals surface area contributed by atoms with Crippen molar-refractivity contribution in [2.75, 3.05) is 34.5 Å². The van der Waals surface area contributed by atoms with Crippen LogP contribution in [0.3, 0.4) is 0 Å². The van der Waals surface area contributed by atoms with Gasteiger partial charge in [0, 0.05) is 31.8 Å². The molecule has 1 aromatic rings. The number of ether oxygens (including phenoxy) is 2. The van der Waals surface area contributed by atoms with Crippen molar-refractivity contribution < 1.29 is 18.7 Å². The van der Waals surface area contributed by atoms with Crippen molar-refractivity contribution in [2.45, 2.75) is 13.2 Å². The minimum atomic E-state index is -0.319. The van der Waals surface area contributed by atoms with Crippen LogP contribution >= 0.6 is 0 Å². The number of halogens is 1. The number of carbonyl (C=O) groups excluding carboxylic acids is 1. The van der Waals surface area contributed by atoms with Gasteiger partial charge in [0.15, 0.2) is 6.79 Å². The van der Waals surface area contributed by atoms with E-state index in [0.717, 1.165) is 5.56 Å². The van der Waals surface area contributed by atoms with Crippen molar-refractivity contribution in [2.24, 2.45) is 0 Å². The molecule has 0 aromatic heterocycles. The molecular weight excluding hydrogens is 263 g/mol. The maximum absolute atomic E-state index is 13.6. The molecule has 0 spiro atoms. The maximum atomic E-state index is 13.6. The van der Waals surface area contributed by atoms with Gasteiger partial charge in [-0.25, -0.2) is 4.39 Å². The summed E-state index contributed by atoms with van der Waals surface area (Å²) >= 11 is 0. The molecule has 1 aromatic carbocycles. The Labute approximate surface area is 117 Å². The van der Waals surface area contributed by atoms with E-state index >= 15 is 0 Å². The number of hydrogen-bond acceptors (Lipinski definition) is 4. The lowest BCUT2D eigenvalue weighted by Gasteiger charge is -2.24. The van der Waals surface area contributed by atoms with Crippen molar-refractivity contribution in [1.82, 2.24) is 9.80 Å².